The van der Waals surface area contributed by atoms with Crippen LogP contribution in [-0.4, -0.2) is 74.4 Å². The summed E-state index contributed by atoms with van der Waals surface area (Å²) in [5.41, 5.74) is 0.889. The number of halogens is 2. The Bertz CT molecular complexity index is 1780. The molecule has 8 N–H and O–H groups in total. The average Bonchev–Trinajstić information content (AvgIpc) is 3.75. The maximum absolute atomic E-state index is 12.8. The molecular weight excluding hydrogens is 903 g/mol. The molecule has 0 saturated carbocycles. The van der Waals surface area contributed by atoms with Crippen LogP contribution in [0.2, 0.25) is 0 Å². The third-order valence-electron chi connectivity index (χ3n) is 7.38. The first-order valence-corrected chi connectivity index (χ1v) is 18.8. The van der Waals surface area contributed by atoms with Gasteiger partial charge in [-0.05, 0) is 22.3 Å². The summed E-state index contributed by atoms with van der Waals surface area (Å²) in [5.74, 6) is -0.313. The summed E-state index contributed by atoms with van der Waals surface area (Å²) in [6, 6.07) is 37.1. The van der Waals surface area contributed by atoms with Crippen molar-refractivity contribution in [3.8, 4) is 0 Å². The van der Waals surface area contributed by atoms with Crippen LogP contribution in [0, 0.1) is 31.3 Å². The number of aliphatic imine (C=N–C) groups is 2. The molecule has 25 heteroatoms. The summed E-state index contributed by atoms with van der Waals surface area (Å²) in [5, 5.41) is 40.6. The second-order valence-corrected chi connectivity index (χ2v) is 12.3. The number of guanidine groups is 2. The number of hydrogen-bond acceptors (Lipinski definition) is 18. The molecule has 0 atom stereocenters. The van der Waals surface area contributed by atoms with Gasteiger partial charge in [0.2, 0.25) is 11.9 Å². The van der Waals surface area contributed by atoms with Crippen molar-refractivity contribution in [1.29, 1.82) is 10.8 Å². The summed E-state index contributed by atoms with van der Waals surface area (Å²) in [7, 11) is -5.15. The number of rotatable bonds is 4. The van der Waals surface area contributed by atoms with Crippen LogP contribution in [0.4, 0.5) is 0 Å². The molecular formula is C36H40Cl2CuN8O14. The Kier molecular flexibility index (Phi) is 24.1. The van der Waals surface area contributed by atoms with Crippen molar-refractivity contribution in [1.82, 2.24) is 21.3 Å². The standard InChI is InChI=1S/2C17H16N4O2.2CH4O.2ClHO4.Cu/c2*1-23-15(18)20-16-19-14(22)17(21-16,12-8-4-2-5-9-12)13-10-6-3-7-11-13;2*1-2;2*2-1(3,4)5;/h2*2-11H,1H3,(H3,18,19,20,21,22);2*2H,1H3;2*(H,2,3,4,5);/q;;;;;;+2/p-2. The van der Waals surface area contributed by atoms with Crippen LogP contribution >= 0.6 is 0 Å². The monoisotopic (exact) mass is 941 g/mol. The summed E-state index contributed by atoms with van der Waals surface area (Å²) in [6.07, 6.45) is 0. The number of benzene rings is 4. The van der Waals surface area contributed by atoms with Gasteiger partial charge in [-0.3, -0.25) is 31.0 Å². The second kappa shape index (κ2) is 26.6. The summed E-state index contributed by atoms with van der Waals surface area (Å²) >= 11 is 0. The first-order valence-electron chi connectivity index (χ1n) is 16.3. The Morgan fingerprint density at radius 1 is 0.525 bits per heavy atom. The first kappa shape index (κ1) is 55.4. The van der Waals surface area contributed by atoms with Crippen molar-refractivity contribution in [3.63, 3.8) is 0 Å². The Hall–Kier alpha value is -5.60. The minimum Gasteiger partial charge on any atom is -0.468 e. The fourth-order valence-electron chi connectivity index (χ4n) is 5.19. The molecule has 2 aliphatic heterocycles. The van der Waals surface area contributed by atoms with Crippen molar-refractivity contribution in [3.05, 3.63) is 144 Å². The molecule has 4 aromatic rings. The van der Waals surface area contributed by atoms with Crippen LogP contribution in [-0.2, 0) is 47.2 Å². The normalized spacial score (nSPS) is 13.9. The molecule has 0 unspecified atom stereocenters. The third kappa shape index (κ3) is 17.5. The number of ether oxygens (including phenoxy) is 2. The van der Waals surface area contributed by atoms with E-state index >= 15 is 0 Å². The van der Waals surface area contributed by atoms with Gasteiger partial charge in [0.15, 0.2) is 11.1 Å². The molecule has 2 amide bonds. The quantitative estimate of drug-likeness (QED) is 0.0535. The molecule has 2 aliphatic rings. The van der Waals surface area contributed by atoms with E-state index in [1.807, 2.05) is 121 Å². The molecule has 0 spiro atoms. The van der Waals surface area contributed by atoms with Gasteiger partial charge in [-0.25, -0.2) is 37.3 Å². The van der Waals surface area contributed by atoms with E-state index < -0.39 is 31.6 Å². The van der Waals surface area contributed by atoms with Gasteiger partial charge in [0.1, 0.15) is 0 Å². The van der Waals surface area contributed by atoms with E-state index in [-0.39, 0.29) is 52.8 Å². The van der Waals surface area contributed by atoms with Crippen LogP contribution in [0.3, 0.4) is 0 Å². The second-order valence-electron chi connectivity index (χ2n) is 10.8. The van der Waals surface area contributed by atoms with Crippen molar-refractivity contribution >= 4 is 35.8 Å². The number of carbonyl (C=O) groups excluding carboxylic acids is 2. The van der Waals surface area contributed by atoms with Crippen LogP contribution in [0.15, 0.2) is 131 Å². The van der Waals surface area contributed by atoms with Gasteiger partial charge < -0.3 is 30.3 Å². The number of amidine groups is 2. The number of amides is 2. The van der Waals surface area contributed by atoms with Gasteiger partial charge in [-0.1, -0.05) is 121 Å². The average molecular weight is 943 g/mol. The molecule has 0 aliphatic carbocycles. The van der Waals surface area contributed by atoms with E-state index in [4.69, 9.17) is 67.8 Å². The maximum atomic E-state index is 12.8. The van der Waals surface area contributed by atoms with E-state index in [0.717, 1.165) is 36.5 Å². The summed E-state index contributed by atoms with van der Waals surface area (Å²) < 4.78 is 77.5. The van der Waals surface area contributed by atoms with Gasteiger partial charge in [0.05, 0.1) is 14.2 Å². The molecule has 22 nitrogen and oxygen atoms in total. The topological polar surface area (TPSA) is 398 Å². The molecule has 0 saturated heterocycles. The minimum absolute atomic E-state index is 0. The summed E-state index contributed by atoms with van der Waals surface area (Å²) in [4.78, 5) is 33.6. The molecule has 333 valence electrons. The molecule has 6 rings (SSSR count). The van der Waals surface area contributed by atoms with Crippen molar-refractivity contribution in [2.75, 3.05) is 28.4 Å². The smallest absolute Gasteiger partial charge is 0.468 e. The summed E-state index contributed by atoms with van der Waals surface area (Å²) in [6.45, 7) is 0. The first-order chi connectivity index (χ1) is 28.3. The number of carbonyl (C=O) groups is 2. The van der Waals surface area contributed by atoms with Crippen LogP contribution in [0.1, 0.15) is 22.3 Å². The van der Waals surface area contributed by atoms with Crippen LogP contribution in [0.25, 0.3) is 0 Å². The zero-order valence-corrected chi connectivity index (χ0v) is 34.7. The van der Waals surface area contributed by atoms with Crippen molar-refractivity contribution in [2.45, 2.75) is 11.1 Å². The van der Waals surface area contributed by atoms with Crippen LogP contribution in [0.5, 0.6) is 0 Å². The number of methoxy groups -OCH3 is 2. The zero-order valence-electron chi connectivity index (χ0n) is 32.3. The van der Waals surface area contributed by atoms with E-state index in [2.05, 4.69) is 31.3 Å². The van der Waals surface area contributed by atoms with Crippen molar-refractivity contribution in [2.24, 2.45) is 9.98 Å². The fraction of sp³-hybridized carbons (Fsp3) is 0.167. The minimum atomic E-state index is -4.94. The Morgan fingerprint density at radius 3 is 0.902 bits per heavy atom. The van der Waals surface area contributed by atoms with E-state index in [1.54, 1.807) is 0 Å². The van der Waals surface area contributed by atoms with Crippen molar-refractivity contribution < 1.29 is 104 Å². The molecule has 0 fully saturated rings. The van der Waals surface area contributed by atoms with Crippen LogP contribution < -0.4 is 58.5 Å². The van der Waals surface area contributed by atoms with Gasteiger partial charge >= 0.3 is 17.1 Å². The predicted molar refractivity (Wildman–Crippen MR) is 191 cm³/mol. The number of nitrogens with zero attached hydrogens (tertiary/aromatic N) is 2. The fourth-order valence-corrected chi connectivity index (χ4v) is 5.19. The largest absolute Gasteiger partial charge is 2.00 e. The van der Waals surface area contributed by atoms with E-state index in [1.165, 1.54) is 14.2 Å². The Morgan fingerprint density at radius 2 is 0.721 bits per heavy atom. The third-order valence-corrected chi connectivity index (χ3v) is 7.38. The van der Waals surface area contributed by atoms with Gasteiger partial charge in [0, 0.05) is 14.2 Å². The van der Waals surface area contributed by atoms with Gasteiger partial charge in [-0.15, -0.1) is 20.5 Å². The van der Waals surface area contributed by atoms with Gasteiger partial charge in [0.25, 0.3) is 23.9 Å². The predicted octanol–water partition coefficient (Wildman–Crippen LogP) is -7.12. The molecule has 4 aromatic carbocycles. The molecule has 61 heavy (non-hydrogen) atoms. The SMILES string of the molecule is CO.CO.COC(=N)NC1=NC(=O)C(c2ccccc2)(c2ccccc2)N1.COC(=N)NC1=NC(=O)C(c2ccccc2)(c2ccccc2)N1.[Cu+2].[O-][Cl+3]([O-])([O-])[O-].[O-][Cl+3]([O-])([O-])[O-]. The zero-order chi connectivity index (χ0) is 45.6. The van der Waals surface area contributed by atoms with E-state index in [0.29, 0.717) is 0 Å². The maximum Gasteiger partial charge on any atom is 2.00 e. The number of hydrogen-bond donors (Lipinski definition) is 8. The number of aliphatic hydroxyl groups is 2. The molecule has 1 radical (unpaired) electrons. The van der Waals surface area contributed by atoms with Gasteiger partial charge in [-0.2, -0.15) is 9.98 Å². The molecule has 2 heterocycles. The molecule has 0 aromatic heterocycles. The number of aliphatic hydroxyl groups excluding tert-OH is 2. The van der Waals surface area contributed by atoms with E-state index in [9.17, 15) is 9.59 Å². The number of nitrogens with one attached hydrogen (secondary N) is 6. The Labute approximate surface area is 363 Å². The molecule has 0 bridgehead atoms. The Balaban J connectivity index is 0.000000896.